The molecule has 0 aromatic carbocycles. The highest BCUT2D eigenvalue weighted by atomic mass is 16.5. The number of amides is 1. The highest BCUT2D eigenvalue weighted by Crippen LogP contribution is 2.29. The second kappa shape index (κ2) is 5.36. The van der Waals surface area contributed by atoms with E-state index in [2.05, 4.69) is 0 Å². The van der Waals surface area contributed by atoms with Gasteiger partial charge in [-0.2, -0.15) is 0 Å². The van der Waals surface area contributed by atoms with Gasteiger partial charge in [-0.15, -0.1) is 0 Å². The summed E-state index contributed by atoms with van der Waals surface area (Å²) >= 11 is 0. The number of nitrogens with zero attached hydrogens (tertiary/aromatic N) is 1. The Hall–Kier alpha value is -0.610. The van der Waals surface area contributed by atoms with Gasteiger partial charge >= 0.3 is 0 Å². The number of hydrogen-bond acceptors (Lipinski definition) is 3. The third-order valence-corrected chi connectivity index (χ3v) is 4.20. The Morgan fingerprint density at radius 3 is 2.71 bits per heavy atom. The molecule has 98 valence electrons. The fraction of sp³-hybridized carbons (Fsp3) is 0.923. The normalized spacial score (nSPS) is 28.0. The zero-order chi connectivity index (χ0) is 12.3. The summed E-state index contributed by atoms with van der Waals surface area (Å²) in [5, 5.41) is 0. The van der Waals surface area contributed by atoms with Gasteiger partial charge in [-0.25, -0.2) is 0 Å². The van der Waals surface area contributed by atoms with E-state index in [1.807, 2.05) is 11.9 Å². The third kappa shape index (κ3) is 3.19. The third-order valence-electron chi connectivity index (χ3n) is 4.20. The molecule has 0 spiro atoms. The van der Waals surface area contributed by atoms with Gasteiger partial charge in [0.15, 0.2) is 0 Å². The minimum atomic E-state index is -0.247. The minimum Gasteiger partial charge on any atom is -0.379 e. The molecule has 2 rings (SSSR count). The lowest BCUT2D eigenvalue weighted by atomic mass is 9.80. The van der Waals surface area contributed by atoms with Crippen LogP contribution in [-0.4, -0.2) is 42.6 Å². The Kier molecular flexibility index (Phi) is 4.05. The summed E-state index contributed by atoms with van der Waals surface area (Å²) in [6.45, 7) is 1.45. The van der Waals surface area contributed by atoms with E-state index >= 15 is 0 Å². The predicted octanol–water partition coefficient (Wildman–Crippen LogP) is 1.29. The van der Waals surface area contributed by atoms with Crippen LogP contribution in [0, 0.1) is 0 Å². The molecule has 4 nitrogen and oxygen atoms in total. The molecule has 0 aromatic heterocycles. The fourth-order valence-corrected chi connectivity index (χ4v) is 2.89. The number of likely N-dealkylation sites (N-methyl/N-ethyl adjacent to an activating group) is 1. The van der Waals surface area contributed by atoms with E-state index < -0.39 is 0 Å². The number of carbonyl (C=O) groups excluding carboxylic acids is 1. The SMILES string of the molecule is CN(C(=O)CC1(N)CCCCC1)C1CCOC1. The Balaban J connectivity index is 1.86. The first kappa shape index (κ1) is 12.8. The molecule has 1 aliphatic heterocycles. The summed E-state index contributed by atoms with van der Waals surface area (Å²) in [6, 6.07) is 0.259. The zero-order valence-corrected chi connectivity index (χ0v) is 10.8. The van der Waals surface area contributed by atoms with Crippen molar-refractivity contribution in [3.8, 4) is 0 Å². The lowest BCUT2D eigenvalue weighted by Crippen LogP contribution is -2.48. The second-order valence-corrected chi connectivity index (χ2v) is 5.62. The van der Waals surface area contributed by atoms with Gasteiger partial charge in [-0.05, 0) is 19.3 Å². The van der Waals surface area contributed by atoms with E-state index in [9.17, 15) is 4.79 Å². The van der Waals surface area contributed by atoms with Crippen molar-refractivity contribution in [2.45, 2.75) is 56.5 Å². The van der Waals surface area contributed by atoms with E-state index in [0.717, 1.165) is 25.9 Å². The van der Waals surface area contributed by atoms with Crippen molar-refractivity contribution >= 4 is 5.91 Å². The summed E-state index contributed by atoms with van der Waals surface area (Å²) < 4.78 is 5.32. The van der Waals surface area contributed by atoms with Crippen LogP contribution >= 0.6 is 0 Å². The number of ether oxygens (including phenoxy) is 1. The maximum atomic E-state index is 12.2. The average Bonchev–Trinajstić information content (AvgIpc) is 2.81. The molecular formula is C13H24N2O2. The van der Waals surface area contributed by atoms with Gasteiger partial charge in [-0.1, -0.05) is 19.3 Å². The van der Waals surface area contributed by atoms with Crippen LogP contribution in [0.3, 0.4) is 0 Å². The van der Waals surface area contributed by atoms with Gasteiger partial charge in [0.05, 0.1) is 12.6 Å². The Morgan fingerprint density at radius 2 is 2.12 bits per heavy atom. The number of hydrogen-bond donors (Lipinski definition) is 1. The standard InChI is InChI=1S/C13H24N2O2/c1-15(11-5-8-17-10-11)12(16)9-13(14)6-3-2-4-7-13/h11H,2-10,14H2,1H3. The highest BCUT2D eigenvalue weighted by molar-refractivity contribution is 5.77. The maximum Gasteiger partial charge on any atom is 0.224 e. The second-order valence-electron chi connectivity index (χ2n) is 5.62. The number of nitrogens with two attached hydrogens (primary N) is 1. The van der Waals surface area contributed by atoms with Crippen LogP contribution in [0.1, 0.15) is 44.9 Å². The van der Waals surface area contributed by atoms with Crippen molar-refractivity contribution in [1.29, 1.82) is 0 Å². The van der Waals surface area contributed by atoms with Gasteiger partial charge in [0.25, 0.3) is 0 Å². The minimum absolute atomic E-state index is 0.185. The quantitative estimate of drug-likeness (QED) is 0.808. The Labute approximate surface area is 103 Å². The van der Waals surface area contributed by atoms with Crippen molar-refractivity contribution < 1.29 is 9.53 Å². The first-order valence-corrected chi connectivity index (χ1v) is 6.73. The molecule has 1 atom stereocenters. The molecule has 0 bridgehead atoms. The van der Waals surface area contributed by atoms with Gasteiger partial charge < -0.3 is 15.4 Å². The van der Waals surface area contributed by atoms with Crippen molar-refractivity contribution in [2.24, 2.45) is 5.73 Å². The fourth-order valence-electron chi connectivity index (χ4n) is 2.89. The summed E-state index contributed by atoms with van der Waals surface area (Å²) in [6.07, 6.45) is 7.04. The largest absolute Gasteiger partial charge is 0.379 e. The first-order chi connectivity index (χ1) is 8.11. The van der Waals surface area contributed by atoms with Gasteiger partial charge in [0.1, 0.15) is 0 Å². The monoisotopic (exact) mass is 240 g/mol. The molecule has 1 aliphatic carbocycles. The van der Waals surface area contributed by atoms with Crippen LogP contribution in [0.5, 0.6) is 0 Å². The molecule has 0 aromatic rings. The lowest BCUT2D eigenvalue weighted by molar-refractivity contribution is -0.133. The summed E-state index contributed by atoms with van der Waals surface area (Å²) in [5.41, 5.74) is 6.07. The molecule has 1 saturated heterocycles. The van der Waals surface area contributed by atoms with Gasteiger partial charge in [0, 0.05) is 25.6 Å². The van der Waals surface area contributed by atoms with Crippen LogP contribution in [0.15, 0.2) is 0 Å². The van der Waals surface area contributed by atoms with Crippen LogP contribution in [0.25, 0.3) is 0 Å². The van der Waals surface area contributed by atoms with Crippen LogP contribution in [-0.2, 0) is 9.53 Å². The van der Waals surface area contributed by atoms with E-state index in [1.54, 1.807) is 0 Å². The summed E-state index contributed by atoms with van der Waals surface area (Å²) in [7, 11) is 1.88. The lowest BCUT2D eigenvalue weighted by Gasteiger charge is -2.35. The molecular weight excluding hydrogens is 216 g/mol. The van der Waals surface area contributed by atoms with Crippen LogP contribution in [0.2, 0.25) is 0 Å². The highest BCUT2D eigenvalue weighted by Gasteiger charge is 2.33. The number of carbonyl (C=O) groups is 1. The van der Waals surface area contributed by atoms with E-state index in [-0.39, 0.29) is 17.5 Å². The van der Waals surface area contributed by atoms with E-state index in [0.29, 0.717) is 13.0 Å². The first-order valence-electron chi connectivity index (χ1n) is 6.73. The molecule has 0 radical (unpaired) electrons. The smallest absolute Gasteiger partial charge is 0.224 e. The Morgan fingerprint density at radius 1 is 1.41 bits per heavy atom. The van der Waals surface area contributed by atoms with Crippen LogP contribution < -0.4 is 5.73 Å². The number of rotatable bonds is 3. The summed E-state index contributed by atoms with van der Waals surface area (Å²) in [5.74, 6) is 0.185. The van der Waals surface area contributed by atoms with Crippen molar-refractivity contribution in [3.63, 3.8) is 0 Å². The molecule has 1 amide bonds. The molecule has 4 heteroatoms. The van der Waals surface area contributed by atoms with Crippen molar-refractivity contribution in [3.05, 3.63) is 0 Å². The topological polar surface area (TPSA) is 55.6 Å². The molecule has 2 fully saturated rings. The van der Waals surface area contributed by atoms with E-state index in [4.69, 9.17) is 10.5 Å². The molecule has 2 aliphatic rings. The Bertz CT molecular complexity index is 269. The van der Waals surface area contributed by atoms with E-state index in [1.165, 1.54) is 19.3 Å². The average molecular weight is 240 g/mol. The van der Waals surface area contributed by atoms with Gasteiger partial charge in [0.2, 0.25) is 5.91 Å². The molecule has 1 heterocycles. The summed E-state index contributed by atoms with van der Waals surface area (Å²) in [4.78, 5) is 14.0. The molecule has 1 saturated carbocycles. The van der Waals surface area contributed by atoms with Crippen LogP contribution in [0.4, 0.5) is 0 Å². The van der Waals surface area contributed by atoms with Gasteiger partial charge in [-0.3, -0.25) is 4.79 Å². The maximum absolute atomic E-state index is 12.2. The predicted molar refractivity (Wildman–Crippen MR) is 66.6 cm³/mol. The van der Waals surface area contributed by atoms with Crippen molar-refractivity contribution in [2.75, 3.05) is 20.3 Å². The molecule has 2 N–H and O–H groups in total. The zero-order valence-electron chi connectivity index (χ0n) is 10.8. The molecule has 1 unspecified atom stereocenters. The molecule has 17 heavy (non-hydrogen) atoms. The van der Waals surface area contributed by atoms with Crippen molar-refractivity contribution in [1.82, 2.24) is 4.90 Å².